The standard InChI is InChI=1S/C5H6N8O2/c1-12-4(6-8-10-12)5-7-9-11-13(5)2-3(14)15/h2H2,1H3,(H,14,15). The maximum Gasteiger partial charge on any atom is 0.325 e. The Labute approximate surface area is 82.5 Å². The van der Waals surface area contributed by atoms with Crippen LogP contribution in [0.15, 0.2) is 0 Å². The van der Waals surface area contributed by atoms with E-state index in [0.29, 0.717) is 5.82 Å². The van der Waals surface area contributed by atoms with Crippen molar-refractivity contribution < 1.29 is 9.90 Å². The minimum atomic E-state index is -1.04. The number of aliphatic carboxylic acids is 1. The first-order chi connectivity index (χ1) is 7.18. The SMILES string of the molecule is Cn1nnnc1-c1nnnn1CC(=O)O. The van der Waals surface area contributed by atoms with E-state index in [2.05, 4.69) is 31.1 Å². The van der Waals surface area contributed by atoms with Crippen molar-refractivity contribution >= 4 is 5.97 Å². The first kappa shape index (κ1) is 9.18. The number of carboxylic acid groups (broad SMARTS) is 1. The van der Waals surface area contributed by atoms with Gasteiger partial charge >= 0.3 is 5.97 Å². The van der Waals surface area contributed by atoms with Crippen LogP contribution in [0, 0.1) is 0 Å². The molecule has 0 fully saturated rings. The Morgan fingerprint density at radius 2 is 1.93 bits per heavy atom. The molecule has 0 spiro atoms. The maximum absolute atomic E-state index is 10.5. The minimum Gasteiger partial charge on any atom is -0.480 e. The lowest BCUT2D eigenvalue weighted by molar-refractivity contribution is -0.137. The van der Waals surface area contributed by atoms with Crippen molar-refractivity contribution in [3.05, 3.63) is 0 Å². The van der Waals surface area contributed by atoms with E-state index >= 15 is 0 Å². The van der Waals surface area contributed by atoms with Crippen LogP contribution in [-0.4, -0.2) is 51.5 Å². The van der Waals surface area contributed by atoms with Crippen LogP contribution in [0.2, 0.25) is 0 Å². The number of hydrogen-bond acceptors (Lipinski definition) is 7. The predicted molar refractivity (Wildman–Crippen MR) is 43.2 cm³/mol. The zero-order chi connectivity index (χ0) is 10.8. The second kappa shape index (κ2) is 3.40. The smallest absolute Gasteiger partial charge is 0.325 e. The zero-order valence-electron chi connectivity index (χ0n) is 7.64. The largest absolute Gasteiger partial charge is 0.480 e. The van der Waals surface area contributed by atoms with Crippen molar-refractivity contribution in [1.29, 1.82) is 0 Å². The third kappa shape index (κ3) is 1.63. The second-order valence-corrected chi connectivity index (χ2v) is 2.68. The number of carbonyl (C=O) groups is 1. The third-order valence-corrected chi connectivity index (χ3v) is 1.64. The molecule has 0 bridgehead atoms. The molecule has 0 aliphatic carbocycles. The van der Waals surface area contributed by atoms with Crippen LogP contribution in [0.4, 0.5) is 0 Å². The molecular weight excluding hydrogens is 204 g/mol. The topological polar surface area (TPSA) is 124 Å². The number of carboxylic acids is 1. The van der Waals surface area contributed by atoms with E-state index in [9.17, 15) is 4.79 Å². The average Bonchev–Trinajstić information content (AvgIpc) is 2.73. The highest BCUT2D eigenvalue weighted by Gasteiger charge is 2.16. The van der Waals surface area contributed by atoms with E-state index in [0.717, 1.165) is 4.68 Å². The van der Waals surface area contributed by atoms with E-state index in [1.807, 2.05) is 0 Å². The Morgan fingerprint density at radius 1 is 1.27 bits per heavy atom. The summed E-state index contributed by atoms with van der Waals surface area (Å²) < 4.78 is 2.46. The zero-order valence-corrected chi connectivity index (χ0v) is 7.64. The van der Waals surface area contributed by atoms with Crippen molar-refractivity contribution in [3.8, 4) is 11.6 Å². The van der Waals surface area contributed by atoms with E-state index in [4.69, 9.17) is 5.11 Å². The van der Waals surface area contributed by atoms with Crippen LogP contribution in [0.5, 0.6) is 0 Å². The Morgan fingerprint density at radius 3 is 2.53 bits per heavy atom. The van der Waals surface area contributed by atoms with Gasteiger partial charge < -0.3 is 5.11 Å². The van der Waals surface area contributed by atoms with Crippen molar-refractivity contribution in [2.75, 3.05) is 0 Å². The molecule has 0 unspecified atom stereocenters. The summed E-state index contributed by atoms with van der Waals surface area (Å²) in [4.78, 5) is 10.5. The highest BCUT2D eigenvalue weighted by atomic mass is 16.4. The number of rotatable bonds is 3. The van der Waals surface area contributed by atoms with E-state index in [1.165, 1.54) is 4.68 Å². The summed E-state index contributed by atoms with van der Waals surface area (Å²) in [6.07, 6.45) is 0. The molecule has 2 aromatic heterocycles. The van der Waals surface area contributed by atoms with Gasteiger partial charge in [-0.1, -0.05) is 0 Å². The van der Waals surface area contributed by atoms with Crippen LogP contribution in [0.1, 0.15) is 0 Å². The van der Waals surface area contributed by atoms with E-state index in [-0.39, 0.29) is 12.4 Å². The summed E-state index contributed by atoms with van der Waals surface area (Å²) in [5.74, 6) is -0.523. The monoisotopic (exact) mass is 210 g/mol. The maximum atomic E-state index is 10.5. The van der Waals surface area contributed by atoms with Gasteiger partial charge in [0.25, 0.3) is 0 Å². The molecule has 0 aliphatic heterocycles. The van der Waals surface area contributed by atoms with Crippen LogP contribution in [0.3, 0.4) is 0 Å². The molecule has 2 heterocycles. The Kier molecular flexibility index (Phi) is 2.08. The highest BCUT2D eigenvalue weighted by molar-refractivity contribution is 5.67. The van der Waals surface area contributed by atoms with Gasteiger partial charge in [-0.2, -0.15) is 0 Å². The molecular formula is C5H6N8O2. The fraction of sp³-hybridized carbons (Fsp3) is 0.400. The first-order valence-corrected chi connectivity index (χ1v) is 3.89. The van der Waals surface area contributed by atoms with E-state index in [1.54, 1.807) is 7.05 Å². The average molecular weight is 210 g/mol. The van der Waals surface area contributed by atoms with Crippen LogP contribution >= 0.6 is 0 Å². The molecule has 2 rings (SSSR count). The Balaban J connectivity index is 2.41. The lowest BCUT2D eigenvalue weighted by atomic mass is 10.5. The van der Waals surface area contributed by atoms with Gasteiger partial charge in [-0.15, -0.1) is 10.2 Å². The fourth-order valence-electron chi connectivity index (χ4n) is 1.02. The Hall–Kier alpha value is -2.39. The highest BCUT2D eigenvalue weighted by Crippen LogP contribution is 2.08. The van der Waals surface area contributed by atoms with Gasteiger partial charge in [0.05, 0.1) is 0 Å². The van der Waals surface area contributed by atoms with Crippen molar-refractivity contribution in [2.45, 2.75) is 6.54 Å². The lowest BCUT2D eigenvalue weighted by Gasteiger charge is -1.98. The summed E-state index contributed by atoms with van der Waals surface area (Å²) in [7, 11) is 1.61. The van der Waals surface area contributed by atoms with E-state index < -0.39 is 5.97 Å². The van der Waals surface area contributed by atoms with Crippen molar-refractivity contribution in [2.24, 2.45) is 7.05 Å². The molecule has 0 radical (unpaired) electrons. The number of tetrazole rings is 2. The number of nitrogens with zero attached hydrogens (tertiary/aromatic N) is 8. The molecule has 0 amide bonds. The van der Waals surface area contributed by atoms with Crippen LogP contribution < -0.4 is 0 Å². The summed E-state index contributed by atoms with van der Waals surface area (Å²) >= 11 is 0. The van der Waals surface area contributed by atoms with Crippen LogP contribution in [-0.2, 0) is 18.4 Å². The van der Waals surface area contributed by atoms with Gasteiger partial charge in [-0.25, -0.2) is 9.36 Å². The molecule has 0 atom stereocenters. The number of aromatic nitrogens is 8. The van der Waals surface area contributed by atoms with Gasteiger partial charge in [0.15, 0.2) is 0 Å². The molecule has 1 N–H and O–H groups in total. The molecule has 0 saturated heterocycles. The molecule has 2 aromatic rings. The summed E-state index contributed by atoms with van der Waals surface area (Å²) in [5, 5.41) is 29.8. The number of hydrogen-bond donors (Lipinski definition) is 1. The Bertz CT molecular complexity index is 487. The van der Waals surface area contributed by atoms with Gasteiger partial charge in [0.2, 0.25) is 11.6 Å². The normalized spacial score (nSPS) is 10.5. The predicted octanol–water partition coefficient (Wildman–Crippen LogP) is -2.05. The third-order valence-electron chi connectivity index (χ3n) is 1.64. The second-order valence-electron chi connectivity index (χ2n) is 2.68. The molecule has 0 saturated carbocycles. The number of aryl methyl sites for hydroxylation is 1. The summed E-state index contributed by atoms with van der Waals surface area (Å²) in [6.45, 7) is -0.338. The molecule has 78 valence electrons. The van der Waals surface area contributed by atoms with Gasteiger partial charge in [-0.05, 0) is 20.9 Å². The molecule has 10 nitrogen and oxygen atoms in total. The first-order valence-electron chi connectivity index (χ1n) is 3.89. The van der Waals surface area contributed by atoms with Crippen molar-refractivity contribution in [1.82, 2.24) is 40.4 Å². The molecule has 0 aromatic carbocycles. The van der Waals surface area contributed by atoms with Gasteiger partial charge in [0.1, 0.15) is 6.54 Å². The summed E-state index contributed by atoms with van der Waals surface area (Å²) in [5.41, 5.74) is 0. The van der Waals surface area contributed by atoms with Crippen molar-refractivity contribution in [3.63, 3.8) is 0 Å². The minimum absolute atomic E-state index is 0.213. The van der Waals surface area contributed by atoms with Gasteiger partial charge in [-0.3, -0.25) is 4.79 Å². The fourth-order valence-corrected chi connectivity index (χ4v) is 1.02. The molecule has 0 aliphatic rings. The van der Waals surface area contributed by atoms with Gasteiger partial charge in [0, 0.05) is 7.05 Å². The van der Waals surface area contributed by atoms with Crippen LogP contribution in [0.25, 0.3) is 11.6 Å². The molecule has 10 heteroatoms. The summed E-state index contributed by atoms with van der Waals surface area (Å²) in [6, 6.07) is 0. The molecule has 15 heavy (non-hydrogen) atoms. The quantitative estimate of drug-likeness (QED) is 0.613. The lowest BCUT2D eigenvalue weighted by Crippen LogP contribution is -2.13.